The van der Waals surface area contributed by atoms with Gasteiger partial charge in [0, 0.05) is 11.4 Å². The number of aromatic nitrogens is 2. The van der Waals surface area contributed by atoms with Crippen LogP contribution in [0, 0.1) is 0 Å². The standard InChI is InChI=1S/C15H21N3O/c1-2-16-12-4-3-5-13(9-12)19-14-6-7-15-11(8-14)10-17-18-15/h6-8,10,12-13,16H,2-5,9H2,1H3,(H,17,18)/t12-,13-/m0/s1. The molecular weight excluding hydrogens is 238 g/mol. The molecule has 1 aliphatic carbocycles. The van der Waals surface area contributed by atoms with Crippen molar-refractivity contribution >= 4 is 10.9 Å². The van der Waals surface area contributed by atoms with Crippen LogP contribution < -0.4 is 10.1 Å². The number of fused-ring (bicyclic) bond motifs is 1. The summed E-state index contributed by atoms with van der Waals surface area (Å²) in [4.78, 5) is 0. The zero-order valence-electron chi connectivity index (χ0n) is 11.4. The summed E-state index contributed by atoms with van der Waals surface area (Å²) in [6.07, 6.45) is 6.96. The van der Waals surface area contributed by atoms with Crippen LogP contribution in [0.5, 0.6) is 5.75 Å². The Morgan fingerprint density at radius 3 is 3.26 bits per heavy atom. The van der Waals surface area contributed by atoms with E-state index in [-0.39, 0.29) is 0 Å². The van der Waals surface area contributed by atoms with E-state index in [0.717, 1.165) is 36.0 Å². The summed E-state index contributed by atoms with van der Waals surface area (Å²) in [6, 6.07) is 6.73. The van der Waals surface area contributed by atoms with E-state index in [4.69, 9.17) is 4.74 Å². The van der Waals surface area contributed by atoms with Gasteiger partial charge in [0.05, 0.1) is 11.7 Å². The first-order valence-corrected chi connectivity index (χ1v) is 7.18. The van der Waals surface area contributed by atoms with Gasteiger partial charge in [-0.3, -0.25) is 5.10 Å². The Hall–Kier alpha value is -1.55. The van der Waals surface area contributed by atoms with E-state index in [2.05, 4.69) is 28.5 Å². The molecule has 19 heavy (non-hydrogen) atoms. The summed E-state index contributed by atoms with van der Waals surface area (Å²) in [5.74, 6) is 0.955. The molecule has 0 saturated heterocycles. The average Bonchev–Trinajstić information content (AvgIpc) is 2.87. The number of aromatic amines is 1. The second-order valence-electron chi connectivity index (χ2n) is 5.28. The second kappa shape index (κ2) is 5.61. The molecule has 3 rings (SSSR count). The first-order valence-electron chi connectivity index (χ1n) is 7.18. The third-order valence-corrected chi connectivity index (χ3v) is 3.83. The molecule has 102 valence electrons. The van der Waals surface area contributed by atoms with Gasteiger partial charge in [0.1, 0.15) is 11.9 Å². The number of nitrogens with one attached hydrogen (secondary N) is 2. The Morgan fingerprint density at radius 2 is 2.37 bits per heavy atom. The molecule has 1 aliphatic rings. The predicted octanol–water partition coefficient (Wildman–Crippen LogP) is 2.86. The van der Waals surface area contributed by atoms with Gasteiger partial charge < -0.3 is 10.1 Å². The lowest BCUT2D eigenvalue weighted by atomic mass is 9.93. The summed E-state index contributed by atoms with van der Waals surface area (Å²) < 4.78 is 6.13. The molecule has 0 unspecified atom stereocenters. The van der Waals surface area contributed by atoms with Crippen LogP contribution in [0.1, 0.15) is 32.6 Å². The Labute approximate surface area is 113 Å². The minimum absolute atomic E-state index is 0.335. The van der Waals surface area contributed by atoms with Crippen molar-refractivity contribution in [1.29, 1.82) is 0 Å². The molecule has 0 spiro atoms. The Kier molecular flexibility index (Phi) is 3.69. The fourth-order valence-electron chi connectivity index (χ4n) is 2.91. The quantitative estimate of drug-likeness (QED) is 0.887. The number of hydrogen-bond acceptors (Lipinski definition) is 3. The summed E-state index contributed by atoms with van der Waals surface area (Å²) in [5, 5.41) is 11.6. The van der Waals surface area contributed by atoms with Crippen molar-refractivity contribution in [2.45, 2.75) is 44.8 Å². The molecule has 4 nitrogen and oxygen atoms in total. The van der Waals surface area contributed by atoms with E-state index in [0.29, 0.717) is 12.1 Å². The second-order valence-corrected chi connectivity index (χ2v) is 5.28. The van der Waals surface area contributed by atoms with Gasteiger partial charge in [0.25, 0.3) is 0 Å². The Morgan fingerprint density at radius 1 is 1.42 bits per heavy atom. The van der Waals surface area contributed by atoms with Gasteiger partial charge >= 0.3 is 0 Å². The molecule has 4 heteroatoms. The third kappa shape index (κ3) is 2.89. The lowest BCUT2D eigenvalue weighted by Gasteiger charge is -2.30. The zero-order chi connectivity index (χ0) is 13.1. The number of rotatable bonds is 4. The van der Waals surface area contributed by atoms with Crippen molar-refractivity contribution in [3.63, 3.8) is 0 Å². The highest BCUT2D eigenvalue weighted by molar-refractivity contribution is 5.79. The van der Waals surface area contributed by atoms with Crippen molar-refractivity contribution in [2.75, 3.05) is 6.54 Å². The summed E-state index contributed by atoms with van der Waals surface area (Å²) >= 11 is 0. The molecule has 2 N–H and O–H groups in total. The maximum absolute atomic E-state index is 6.13. The van der Waals surface area contributed by atoms with Gasteiger partial charge in [0.15, 0.2) is 0 Å². The first kappa shape index (κ1) is 12.5. The SMILES string of the molecule is CCN[C@H]1CCC[C@H](Oc2ccc3[nH]ncc3c2)C1. The molecule has 0 aliphatic heterocycles. The monoisotopic (exact) mass is 259 g/mol. The number of nitrogens with zero attached hydrogens (tertiary/aromatic N) is 1. The molecule has 0 bridgehead atoms. The molecule has 1 heterocycles. The largest absolute Gasteiger partial charge is 0.490 e. The van der Waals surface area contributed by atoms with Crippen LogP contribution in [0.3, 0.4) is 0 Å². The van der Waals surface area contributed by atoms with Gasteiger partial charge in [-0.1, -0.05) is 6.92 Å². The number of H-pyrrole nitrogens is 1. The topological polar surface area (TPSA) is 49.9 Å². The van der Waals surface area contributed by atoms with E-state index < -0.39 is 0 Å². The van der Waals surface area contributed by atoms with Crippen LogP contribution in [0.25, 0.3) is 10.9 Å². The highest BCUT2D eigenvalue weighted by Gasteiger charge is 2.22. The van der Waals surface area contributed by atoms with Gasteiger partial charge in [-0.15, -0.1) is 0 Å². The summed E-state index contributed by atoms with van der Waals surface area (Å²) in [5.41, 5.74) is 1.06. The molecule has 1 fully saturated rings. The molecular formula is C15H21N3O. The van der Waals surface area contributed by atoms with E-state index in [1.807, 2.05) is 18.3 Å². The van der Waals surface area contributed by atoms with E-state index >= 15 is 0 Å². The zero-order valence-corrected chi connectivity index (χ0v) is 11.4. The first-order chi connectivity index (χ1) is 9.35. The van der Waals surface area contributed by atoms with E-state index in [1.165, 1.54) is 12.8 Å². The summed E-state index contributed by atoms with van der Waals surface area (Å²) in [7, 11) is 0. The lowest BCUT2D eigenvalue weighted by Crippen LogP contribution is -2.37. The average molecular weight is 259 g/mol. The molecule has 1 aromatic heterocycles. The van der Waals surface area contributed by atoms with Gasteiger partial charge in [-0.25, -0.2) is 0 Å². The Bertz CT molecular complexity index is 535. The smallest absolute Gasteiger partial charge is 0.120 e. The minimum Gasteiger partial charge on any atom is -0.490 e. The number of ether oxygens (including phenoxy) is 1. The lowest BCUT2D eigenvalue weighted by molar-refractivity contribution is 0.135. The number of benzene rings is 1. The highest BCUT2D eigenvalue weighted by atomic mass is 16.5. The van der Waals surface area contributed by atoms with Gasteiger partial charge in [0.2, 0.25) is 0 Å². The molecule has 1 aromatic carbocycles. The van der Waals surface area contributed by atoms with Crippen molar-refractivity contribution in [1.82, 2.24) is 15.5 Å². The fourth-order valence-corrected chi connectivity index (χ4v) is 2.91. The van der Waals surface area contributed by atoms with E-state index in [9.17, 15) is 0 Å². The van der Waals surface area contributed by atoms with Gasteiger partial charge in [-0.2, -0.15) is 5.10 Å². The van der Waals surface area contributed by atoms with Crippen molar-refractivity contribution < 1.29 is 4.74 Å². The highest BCUT2D eigenvalue weighted by Crippen LogP contribution is 2.25. The Balaban J connectivity index is 1.66. The molecule has 0 radical (unpaired) electrons. The van der Waals surface area contributed by atoms with E-state index in [1.54, 1.807) is 0 Å². The molecule has 1 saturated carbocycles. The van der Waals surface area contributed by atoms with Crippen LogP contribution in [0.4, 0.5) is 0 Å². The molecule has 2 aromatic rings. The van der Waals surface area contributed by atoms with Crippen LogP contribution in [0.15, 0.2) is 24.4 Å². The van der Waals surface area contributed by atoms with Crippen LogP contribution in [0.2, 0.25) is 0 Å². The predicted molar refractivity (Wildman–Crippen MR) is 76.4 cm³/mol. The van der Waals surface area contributed by atoms with Gasteiger partial charge in [-0.05, 0) is 50.4 Å². The maximum atomic E-state index is 6.13. The maximum Gasteiger partial charge on any atom is 0.120 e. The van der Waals surface area contributed by atoms with Crippen LogP contribution in [-0.2, 0) is 0 Å². The van der Waals surface area contributed by atoms with Crippen LogP contribution in [-0.4, -0.2) is 28.9 Å². The van der Waals surface area contributed by atoms with Crippen LogP contribution >= 0.6 is 0 Å². The normalized spacial score (nSPS) is 23.6. The molecule has 2 atom stereocenters. The molecule has 0 amide bonds. The van der Waals surface area contributed by atoms with Crippen molar-refractivity contribution in [2.24, 2.45) is 0 Å². The number of hydrogen-bond donors (Lipinski definition) is 2. The third-order valence-electron chi connectivity index (χ3n) is 3.83. The summed E-state index contributed by atoms with van der Waals surface area (Å²) in [6.45, 7) is 3.20. The fraction of sp³-hybridized carbons (Fsp3) is 0.533. The van der Waals surface area contributed by atoms with Crippen molar-refractivity contribution in [3.8, 4) is 5.75 Å². The minimum atomic E-state index is 0.335. The van der Waals surface area contributed by atoms with Crippen molar-refractivity contribution in [3.05, 3.63) is 24.4 Å².